The molecule has 0 aliphatic carbocycles. The molecule has 3 aromatic rings. The second-order valence-corrected chi connectivity index (χ2v) is 5.80. The summed E-state index contributed by atoms with van der Waals surface area (Å²) in [7, 11) is 3.35. The molecule has 3 rings (SSSR count). The van der Waals surface area contributed by atoms with Gasteiger partial charge in [0.1, 0.15) is 11.3 Å². The maximum Gasteiger partial charge on any atom is 0.261 e. The maximum atomic E-state index is 12.8. The van der Waals surface area contributed by atoms with Crippen LogP contribution < -0.4 is 15.5 Å². The number of hydrogen-bond donors (Lipinski definition) is 1. The molecular weight excluding hydrogens is 316 g/mol. The summed E-state index contributed by atoms with van der Waals surface area (Å²) in [5.74, 6) is 0.187. The quantitative estimate of drug-likeness (QED) is 0.795. The molecule has 5 nitrogen and oxygen atoms in total. The number of pyridine rings is 1. The molecule has 2 aromatic carbocycles. The molecule has 25 heavy (non-hydrogen) atoms. The SMILES string of the molecule is CCc1ccccc1NC(=O)c1cn(C)c2c(OC)cccc2c1=O. The molecule has 0 saturated heterocycles. The number of methoxy groups -OCH3 is 1. The van der Waals surface area contributed by atoms with Crippen molar-refractivity contribution < 1.29 is 9.53 Å². The predicted molar refractivity (Wildman–Crippen MR) is 99.5 cm³/mol. The van der Waals surface area contributed by atoms with E-state index in [1.54, 1.807) is 43.1 Å². The summed E-state index contributed by atoms with van der Waals surface area (Å²) in [6.07, 6.45) is 2.35. The Labute approximate surface area is 145 Å². The Morgan fingerprint density at radius 1 is 1.16 bits per heavy atom. The highest BCUT2D eigenvalue weighted by molar-refractivity contribution is 6.06. The third-order valence-corrected chi connectivity index (χ3v) is 4.27. The van der Waals surface area contributed by atoms with E-state index in [-0.39, 0.29) is 11.0 Å². The average molecular weight is 336 g/mol. The Kier molecular flexibility index (Phi) is 4.57. The molecule has 0 unspecified atom stereocenters. The molecule has 1 heterocycles. The lowest BCUT2D eigenvalue weighted by molar-refractivity contribution is 0.102. The molecule has 0 aliphatic rings. The van der Waals surface area contributed by atoms with E-state index in [4.69, 9.17) is 4.74 Å². The van der Waals surface area contributed by atoms with Gasteiger partial charge in [0.05, 0.1) is 18.0 Å². The van der Waals surface area contributed by atoms with Crippen LogP contribution in [0.5, 0.6) is 5.75 Å². The standard InChI is InChI=1S/C20H20N2O3/c1-4-13-8-5-6-10-16(13)21-20(24)15-12-22(2)18-14(19(15)23)9-7-11-17(18)25-3/h5-12H,4H2,1-3H3,(H,21,24). The molecule has 0 spiro atoms. The minimum Gasteiger partial charge on any atom is -0.495 e. The summed E-state index contributed by atoms with van der Waals surface area (Å²) in [4.78, 5) is 25.5. The first kappa shape index (κ1) is 16.8. The highest BCUT2D eigenvalue weighted by Gasteiger charge is 2.17. The van der Waals surface area contributed by atoms with E-state index in [0.717, 1.165) is 17.7 Å². The number of ether oxygens (including phenoxy) is 1. The Morgan fingerprint density at radius 2 is 1.92 bits per heavy atom. The van der Waals surface area contributed by atoms with E-state index in [1.807, 2.05) is 31.2 Å². The first-order valence-electron chi connectivity index (χ1n) is 8.12. The average Bonchev–Trinajstić information content (AvgIpc) is 2.64. The number of rotatable bonds is 4. The lowest BCUT2D eigenvalue weighted by atomic mass is 10.1. The number of carbonyl (C=O) groups is 1. The minimum atomic E-state index is -0.411. The number of aryl methyl sites for hydroxylation is 2. The number of nitrogens with one attached hydrogen (secondary N) is 1. The monoisotopic (exact) mass is 336 g/mol. The molecule has 1 N–H and O–H groups in total. The van der Waals surface area contributed by atoms with Crippen LogP contribution in [0.25, 0.3) is 10.9 Å². The number of amides is 1. The van der Waals surface area contributed by atoms with Gasteiger partial charge in [-0.2, -0.15) is 0 Å². The Balaban J connectivity index is 2.09. The second kappa shape index (κ2) is 6.81. The minimum absolute atomic E-state index is 0.106. The number of nitrogens with zero attached hydrogens (tertiary/aromatic N) is 1. The van der Waals surface area contributed by atoms with Crippen LogP contribution in [0.1, 0.15) is 22.8 Å². The molecule has 0 saturated carbocycles. The Morgan fingerprint density at radius 3 is 2.64 bits per heavy atom. The van der Waals surface area contributed by atoms with Crippen molar-refractivity contribution in [3.63, 3.8) is 0 Å². The zero-order chi connectivity index (χ0) is 18.0. The summed E-state index contributed by atoms with van der Waals surface area (Å²) < 4.78 is 7.08. The molecule has 0 fully saturated rings. The van der Waals surface area contributed by atoms with Crippen LogP contribution in [0.3, 0.4) is 0 Å². The van der Waals surface area contributed by atoms with Crippen LogP contribution in [0.4, 0.5) is 5.69 Å². The normalized spacial score (nSPS) is 10.7. The van der Waals surface area contributed by atoms with E-state index in [2.05, 4.69) is 5.32 Å². The second-order valence-electron chi connectivity index (χ2n) is 5.80. The van der Waals surface area contributed by atoms with Crippen LogP contribution in [-0.2, 0) is 13.5 Å². The fraction of sp³-hybridized carbons (Fsp3) is 0.200. The van der Waals surface area contributed by atoms with Gasteiger partial charge in [-0.25, -0.2) is 0 Å². The molecule has 0 radical (unpaired) electrons. The Bertz CT molecular complexity index is 1010. The largest absolute Gasteiger partial charge is 0.495 e. The summed E-state index contributed by atoms with van der Waals surface area (Å²) in [6.45, 7) is 2.02. The van der Waals surface area contributed by atoms with Gasteiger partial charge in [0.25, 0.3) is 5.91 Å². The van der Waals surface area contributed by atoms with Gasteiger partial charge < -0.3 is 14.6 Å². The van der Waals surface area contributed by atoms with Gasteiger partial charge in [0.2, 0.25) is 5.43 Å². The number of carbonyl (C=O) groups excluding carboxylic acids is 1. The van der Waals surface area contributed by atoms with Crippen molar-refractivity contribution in [1.29, 1.82) is 0 Å². The fourth-order valence-electron chi connectivity index (χ4n) is 3.00. The van der Waals surface area contributed by atoms with Crippen LogP contribution >= 0.6 is 0 Å². The van der Waals surface area contributed by atoms with Crippen molar-refractivity contribution in [2.75, 3.05) is 12.4 Å². The first-order valence-corrected chi connectivity index (χ1v) is 8.12. The Hall–Kier alpha value is -3.08. The summed E-state index contributed by atoms with van der Waals surface area (Å²) in [6, 6.07) is 12.8. The van der Waals surface area contributed by atoms with Gasteiger partial charge >= 0.3 is 0 Å². The maximum absolute atomic E-state index is 12.8. The van der Waals surface area contributed by atoms with E-state index < -0.39 is 5.91 Å². The number of anilines is 1. The molecule has 1 aromatic heterocycles. The van der Waals surface area contributed by atoms with Crippen molar-refractivity contribution in [3.05, 3.63) is 70.0 Å². The molecular formula is C20H20N2O3. The molecule has 5 heteroatoms. The van der Waals surface area contributed by atoms with Crippen LogP contribution in [0, 0.1) is 0 Å². The zero-order valence-corrected chi connectivity index (χ0v) is 14.5. The van der Waals surface area contributed by atoms with Gasteiger partial charge in [-0.05, 0) is 30.2 Å². The molecule has 0 bridgehead atoms. The van der Waals surface area contributed by atoms with Gasteiger partial charge in [0.15, 0.2) is 0 Å². The smallest absolute Gasteiger partial charge is 0.261 e. The predicted octanol–water partition coefficient (Wildman–Crippen LogP) is 3.36. The van der Waals surface area contributed by atoms with Gasteiger partial charge in [-0.1, -0.05) is 31.2 Å². The lowest BCUT2D eigenvalue weighted by Crippen LogP contribution is -2.24. The third kappa shape index (κ3) is 3.01. The van der Waals surface area contributed by atoms with Crippen LogP contribution in [0.2, 0.25) is 0 Å². The number of para-hydroxylation sites is 2. The topological polar surface area (TPSA) is 60.3 Å². The molecule has 128 valence electrons. The fourth-order valence-corrected chi connectivity index (χ4v) is 3.00. The number of aromatic nitrogens is 1. The van der Waals surface area contributed by atoms with Crippen molar-refractivity contribution in [2.45, 2.75) is 13.3 Å². The van der Waals surface area contributed by atoms with E-state index in [0.29, 0.717) is 16.7 Å². The molecule has 0 atom stereocenters. The number of fused-ring (bicyclic) bond motifs is 1. The number of benzene rings is 2. The summed E-state index contributed by atoms with van der Waals surface area (Å²) >= 11 is 0. The van der Waals surface area contributed by atoms with Gasteiger partial charge in [0, 0.05) is 18.9 Å². The van der Waals surface area contributed by atoms with E-state index in [9.17, 15) is 9.59 Å². The number of hydrogen-bond acceptors (Lipinski definition) is 3. The van der Waals surface area contributed by atoms with Crippen molar-refractivity contribution in [1.82, 2.24) is 4.57 Å². The zero-order valence-electron chi connectivity index (χ0n) is 14.5. The van der Waals surface area contributed by atoms with Crippen molar-refractivity contribution in [3.8, 4) is 5.75 Å². The highest BCUT2D eigenvalue weighted by Crippen LogP contribution is 2.23. The van der Waals surface area contributed by atoms with Gasteiger partial charge in [-0.3, -0.25) is 9.59 Å². The van der Waals surface area contributed by atoms with E-state index in [1.165, 1.54) is 0 Å². The van der Waals surface area contributed by atoms with Crippen LogP contribution in [-0.4, -0.2) is 17.6 Å². The van der Waals surface area contributed by atoms with E-state index >= 15 is 0 Å². The summed E-state index contributed by atoms with van der Waals surface area (Å²) in [5.41, 5.74) is 2.21. The molecule has 0 aliphatic heterocycles. The van der Waals surface area contributed by atoms with Gasteiger partial charge in [-0.15, -0.1) is 0 Å². The molecule has 1 amide bonds. The van der Waals surface area contributed by atoms with Crippen LogP contribution in [0.15, 0.2) is 53.5 Å². The van der Waals surface area contributed by atoms with Crippen molar-refractivity contribution >= 4 is 22.5 Å². The third-order valence-electron chi connectivity index (χ3n) is 4.27. The highest BCUT2D eigenvalue weighted by atomic mass is 16.5. The summed E-state index contributed by atoms with van der Waals surface area (Å²) in [5, 5.41) is 3.31. The first-order chi connectivity index (χ1) is 12.1. The van der Waals surface area contributed by atoms with Crippen molar-refractivity contribution in [2.24, 2.45) is 7.05 Å². The lowest BCUT2D eigenvalue weighted by Gasteiger charge is -2.13.